The van der Waals surface area contributed by atoms with Crippen LogP contribution in [-0.4, -0.2) is 34.6 Å². The number of carbonyl (C=O) groups excluding carboxylic acids is 1. The summed E-state index contributed by atoms with van der Waals surface area (Å²) < 4.78 is 13.9. The van der Waals surface area contributed by atoms with Crippen LogP contribution in [-0.2, 0) is 29.1 Å². The average molecular weight is 536 g/mol. The molecule has 1 aliphatic rings. The Morgan fingerprint density at radius 1 is 0.900 bits per heavy atom. The molecule has 2 N–H and O–H groups in total. The first-order valence-electron chi connectivity index (χ1n) is 13.2. The second kappa shape index (κ2) is 12.1. The molecular formula is C33H30FN3O3. The number of aliphatic imine (C=N–C) groups is 1. The van der Waals surface area contributed by atoms with Crippen molar-refractivity contribution in [3.05, 3.63) is 131 Å². The topological polar surface area (TPSA) is 82.0 Å². The Labute approximate surface area is 232 Å². The first kappa shape index (κ1) is 27.0. The predicted octanol–water partition coefficient (Wildman–Crippen LogP) is 6.33. The highest BCUT2D eigenvalue weighted by Crippen LogP contribution is 2.37. The number of halogens is 1. The van der Waals surface area contributed by atoms with Gasteiger partial charge >= 0.3 is 5.97 Å². The summed E-state index contributed by atoms with van der Waals surface area (Å²) in [6.45, 7) is 1.60. The molecule has 0 fully saturated rings. The van der Waals surface area contributed by atoms with Crippen molar-refractivity contribution in [2.24, 2.45) is 4.99 Å². The van der Waals surface area contributed by atoms with Gasteiger partial charge in [-0.1, -0.05) is 66.7 Å². The molecule has 7 heteroatoms. The summed E-state index contributed by atoms with van der Waals surface area (Å²) in [6.07, 6.45) is 0.364. The molecule has 0 aromatic heterocycles. The number of aliphatic carboxylic acids is 1. The number of hydrogen-bond donors (Lipinski definition) is 2. The van der Waals surface area contributed by atoms with Crippen LogP contribution < -0.4 is 5.32 Å². The summed E-state index contributed by atoms with van der Waals surface area (Å²) in [5.41, 5.74) is 6.22. The van der Waals surface area contributed by atoms with Crippen LogP contribution in [0.15, 0.2) is 102 Å². The molecule has 1 aliphatic heterocycles. The summed E-state index contributed by atoms with van der Waals surface area (Å²) in [5.74, 6) is -2.32. The number of hydrogen-bond acceptors (Lipinski definition) is 4. The molecule has 0 aliphatic carbocycles. The molecule has 0 spiro atoms. The number of anilines is 1. The zero-order chi connectivity index (χ0) is 28.1. The molecule has 0 saturated carbocycles. The smallest absolute Gasteiger partial charge is 0.303 e. The van der Waals surface area contributed by atoms with Crippen LogP contribution in [0.25, 0.3) is 0 Å². The van der Waals surface area contributed by atoms with Crippen LogP contribution >= 0.6 is 0 Å². The van der Waals surface area contributed by atoms with Crippen LogP contribution in [0.4, 0.5) is 15.8 Å². The SMILES string of the molecule is CN(Cc1ccccc1)Cc1ccc(N=C(c2cccc(CCC(=O)O)c2)C2C(=O)Nc3cc(F)ccc32)cc1. The molecule has 1 heterocycles. The molecule has 6 nitrogen and oxygen atoms in total. The van der Waals surface area contributed by atoms with Gasteiger partial charge in [-0.3, -0.25) is 19.5 Å². The number of carboxylic acid groups (broad SMARTS) is 1. The third-order valence-electron chi connectivity index (χ3n) is 6.90. The van der Waals surface area contributed by atoms with Crippen LogP contribution in [0.5, 0.6) is 0 Å². The maximum Gasteiger partial charge on any atom is 0.303 e. The largest absolute Gasteiger partial charge is 0.481 e. The molecule has 5 rings (SSSR count). The number of nitrogens with one attached hydrogen (secondary N) is 1. The van der Waals surface area contributed by atoms with Crippen molar-refractivity contribution >= 4 is 29.0 Å². The Kier molecular flexibility index (Phi) is 8.12. The van der Waals surface area contributed by atoms with Crippen molar-refractivity contribution in [2.75, 3.05) is 12.4 Å². The normalized spacial score (nSPS) is 14.7. The zero-order valence-electron chi connectivity index (χ0n) is 22.2. The summed E-state index contributed by atoms with van der Waals surface area (Å²) in [5, 5.41) is 11.9. The molecule has 0 saturated heterocycles. The molecule has 0 radical (unpaired) electrons. The number of carbonyl (C=O) groups is 2. The number of fused-ring (bicyclic) bond motifs is 1. The van der Waals surface area contributed by atoms with E-state index in [-0.39, 0.29) is 12.3 Å². The highest BCUT2D eigenvalue weighted by molar-refractivity contribution is 6.24. The van der Waals surface area contributed by atoms with E-state index in [1.165, 1.54) is 17.7 Å². The Morgan fingerprint density at radius 2 is 1.60 bits per heavy atom. The van der Waals surface area contributed by atoms with E-state index in [1.54, 1.807) is 6.07 Å². The van der Waals surface area contributed by atoms with E-state index in [0.29, 0.717) is 34.6 Å². The zero-order valence-corrected chi connectivity index (χ0v) is 22.2. The fourth-order valence-electron chi connectivity index (χ4n) is 5.02. The fourth-order valence-corrected chi connectivity index (χ4v) is 5.02. The average Bonchev–Trinajstić information content (AvgIpc) is 3.26. The fraction of sp³-hybridized carbons (Fsp3) is 0.182. The van der Waals surface area contributed by atoms with Crippen LogP contribution in [0.1, 0.15) is 40.2 Å². The molecule has 1 atom stereocenters. The summed E-state index contributed by atoms with van der Waals surface area (Å²) in [4.78, 5) is 31.5. The highest BCUT2D eigenvalue weighted by atomic mass is 19.1. The molecular weight excluding hydrogens is 505 g/mol. The third-order valence-corrected chi connectivity index (χ3v) is 6.90. The summed E-state index contributed by atoms with van der Waals surface area (Å²) in [6, 6.07) is 29.9. The third kappa shape index (κ3) is 6.50. The number of nitrogens with zero attached hydrogens (tertiary/aromatic N) is 2. The van der Waals surface area contributed by atoms with Crippen molar-refractivity contribution < 1.29 is 19.1 Å². The van der Waals surface area contributed by atoms with Gasteiger partial charge in [-0.15, -0.1) is 0 Å². The molecule has 202 valence electrons. The van der Waals surface area contributed by atoms with E-state index in [1.807, 2.05) is 66.7 Å². The lowest BCUT2D eigenvalue weighted by Crippen LogP contribution is -2.22. The van der Waals surface area contributed by atoms with Crippen LogP contribution in [0.3, 0.4) is 0 Å². The molecule has 40 heavy (non-hydrogen) atoms. The summed E-state index contributed by atoms with van der Waals surface area (Å²) in [7, 11) is 2.08. The Morgan fingerprint density at radius 3 is 2.33 bits per heavy atom. The number of carboxylic acids is 1. The highest BCUT2D eigenvalue weighted by Gasteiger charge is 2.35. The van der Waals surface area contributed by atoms with Gasteiger partial charge < -0.3 is 10.4 Å². The number of rotatable bonds is 10. The lowest BCUT2D eigenvalue weighted by atomic mass is 9.89. The van der Waals surface area contributed by atoms with Gasteiger partial charge in [0.25, 0.3) is 0 Å². The minimum atomic E-state index is -0.875. The molecule has 4 aromatic rings. The van der Waals surface area contributed by atoms with Gasteiger partial charge in [0.1, 0.15) is 11.7 Å². The van der Waals surface area contributed by atoms with Gasteiger partial charge in [0.15, 0.2) is 0 Å². The number of aryl methyl sites for hydroxylation is 1. The standard InChI is InChI=1S/C33H30FN3O3/c1-37(20-23-6-3-2-4-7-23)21-24-10-14-27(15-11-24)35-32(25-9-5-8-22(18-25)12-17-30(38)39)31-28-16-13-26(34)19-29(28)36-33(31)40/h2-11,13-16,18-19,31H,12,17,20-21H2,1H3,(H,36,40)(H,38,39). The maximum atomic E-state index is 13.9. The molecule has 1 unspecified atom stereocenters. The maximum absolute atomic E-state index is 13.9. The predicted molar refractivity (Wildman–Crippen MR) is 154 cm³/mol. The van der Waals surface area contributed by atoms with Crippen molar-refractivity contribution in [1.82, 2.24) is 4.90 Å². The quantitative estimate of drug-likeness (QED) is 0.233. The number of benzene rings is 4. The minimum Gasteiger partial charge on any atom is -0.481 e. The minimum absolute atomic E-state index is 0.00212. The van der Waals surface area contributed by atoms with E-state index in [0.717, 1.165) is 24.2 Å². The van der Waals surface area contributed by atoms with Gasteiger partial charge in [-0.25, -0.2) is 4.39 Å². The van der Waals surface area contributed by atoms with Gasteiger partial charge in [-0.05, 0) is 71.6 Å². The monoisotopic (exact) mass is 535 g/mol. The lowest BCUT2D eigenvalue weighted by Gasteiger charge is -2.17. The Bertz CT molecular complexity index is 1550. The van der Waals surface area contributed by atoms with Crippen molar-refractivity contribution in [1.29, 1.82) is 0 Å². The molecule has 1 amide bonds. The van der Waals surface area contributed by atoms with E-state index in [2.05, 4.69) is 29.4 Å². The van der Waals surface area contributed by atoms with Gasteiger partial charge in [0.2, 0.25) is 5.91 Å². The van der Waals surface area contributed by atoms with Gasteiger partial charge in [0, 0.05) is 25.2 Å². The van der Waals surface area contributed by atoms with E-state index < -0.39 is 17.7 Å². The van der Waals surface area contributed by atoms with E-state index in [4.69, 9.17) is 10.1 Å². The van der Waals surface area contributed by atoms with Gasteiger partial charge in [-0.2, -0.15) is 0 Å². The second-order valence-electron chi connectivity index (χ2n) is 10.1. The van der Waals surface area contributed by atoms with Crippen LogP contribution in [0, 0.1) is 5.82 Å². The Hall–Kier alpha value is -4.62. The first-order chi connectivity index (χ1) is 19.4. The Balaban J connectivity index is 1.45. The first-order valence-corrected chi connectivity index (χ1v) is 13.2. The second-order valence-corrected chi connectivity index (χ2v) is 10.1. The van der Waals surface area contributed by atoms with E-state index in [9.17, 15) is 14.0 Å². The van der Waals surface area contributed by atoms with Gasteiger partial charge in [0.05, 0.1) is 11.4 Å². The molecule has 4 aromatic carbocycles. The van der Waals surface area contributed by atoms with Crippen LogP contribution in [0.2, 0.25) is 0 Å². The number of amides is 1. The van der Waals surface area contributed by atoms with Crippen molar-refractivity contribution in [3.63, 3.8) is 0 Å². The van der Waals surface area contributed by atoms with Crippen molar-refractivity contribution in [2.45, 2.75) is 31.8 Å². The van der Waals surface area contributed by atoms with E-state index >= 15 is 0 Å². The lowest BCUT2D eigenvalue weighted by molar-refractivity contribution is -0.137. The van der Waals surface area contributed by atoms with Crippen molar-refractivity contribution in [3.8, 4) is 0 Å². The summed E-state index contributed by atoms with van der Waals surface area (Å²) >= 11 is 0. The molecule has 0 bridgehead atoms.